The molecule has 0 saturated carbocycles. The molecule has 108 valence electrons. The SMILES string of the molecule is Cc1cc(O)c(/C=C/B2OC(C)(C)C(C)(C)O2)nc1N. The van der Waals surface area contributed by atoms with Gasteiger partial charge in [0, 0.05) is 0 Å². The molecule has 2 rings (SSSR count). The molecule has 0 amide bonds. The molecule has 20 heavy (non-hydrogen) atoms. The van der Waals surface area contributed by atoms with Crippen LogP contribution in [-0.4, -0.2) is 28.4 Å². The second kappa shape index (κ2) is 4.79. The van der Waals surface area contributed by atoms with Gasteiger partial charge in [0.25, 0.3) is 0 Å². The fourth-order valence-electron chi connectivity index (χ4n) is 1.89. The minimum Gasteiger partial charge on any atom is -0.506 e. The minimum absolute atomic E-state index is 0.0875. The molecule has 0 bridgehead atoms. The number of hydrogen-bond acceptors (Lipinski definition) is 5. The average Bonchev–Trinajstić information content (AvgIpc) is 2.51. The first-order valence-corrected chi connectivity index (χ1v) is 6.62. The first kappa shape index (κ1) is 14.9. The number of pyridine rings is 1. The van der Waals surface area contributed by atoms with Gasteiger partial charge in [-0.25, -0.2) is 4.98 Å². The van der Waals surface area contributed by atoms with Gasteiger partial charge in [-0.3, -0.25) is 0 Å². The predicted octanol–water partition coefficient (Wildman–Crippen LogP) is 2.32. The zero-order chi connectivity index (χ0) is 15.1. The Morgan fingerprint density at radius 3 is 2.35 bits per heavy atom. The molecular formula is C14H21BN2O3. The van der Waals surface area contributed by atoms with Crippen LogP contribution in [0.3, 0.4) is 0 Å². The fraction of sp³-hybridized carbons (Fsp3) is 0.500. The quantitative estimate of drug-likeness (QED) is 0.810. The van der Waals surface area contributed by atoms with Gasteiger partial charge in [0.1, 0.15) is 17.3 Å². The van der Waals surface area contributed by atoms with E-state index in [9.17, 15) is 5.11 Å². The molecule has 0 spiro atoms. The van der Waals surface area contributed by atoms with E-state index in [1.165, 1.54) is 0 Å². The molecule has 1 aliphatic rings. The van der Waals surface area contributed by atoms with Gasteiger partial charge in [-0.05, 0) is 52.3 Å². The summed E-state index contributed by atoms with van der Waals surface area (Å²) in [6.07, 6.45) is 1.66. The van der Waals surface area contributed by atoms with Crippen molar-refractivity contribution in [2.24, 2.45) is 0 Å². The Morgan fingerprint density at radius 1 is 1.25 bits per heavy atom. The molecule has 1 aliphatic heterocycles. The van der Waals surface area contributed by atoms with Crippen LogP contribution >= 0.6 is 0 Å². The third-order valence-corrected chi connectivity index (χ3v) is 3.94. The first-order chi connectivity index (χ1) is 9.12. The zero-order valence-corrected chi connectivity index (χ0v) is 12.6. The van der Waals surface area contributed by atoms with Crippen molar-refractivity contribution in [3.8, 4) is 5.75 Å². The van der Waals surface area contributed by atoms with Crippen LogP contribution in [0.4, 0.5) is 5.82 Å². The monoisotopic (exact) mass is 276 g/mol. The molecule has 3 N–H and O–H groups in total. The Balaban J connectivity index is 2.18. The molecule has 0 unspecified atom stereocenters. The molecule has 0 aromatic carbocycles. The largest absolute Gasteiger partial charge is 0.506 e. The summed E-state index contributed by atoms with van der Waals surface area (Å²) in [5.41, 5.74) is 6.12. The number of aromatic hydroxyl groups is 1. The maximum Gasteiger partial charge on any atom is 0.487 e. The minimum atomic E-state index is -0.469. The number of aromatic nitrogens is 1. The average molecular weight is 276 g/mol. The van der Waals surface area contributed by atoms with Crippen molar-refractivity contribution < 1.29 is 14.4 Å². The summed E-state index contributed by atoms with van der Waals surface area (Å²) >= 11 is 0. The van der Waals surface area contributed by atoms with Crippen molar-refractivity contribution in [2.45, 2.75) is 45.8 Å². The Bertz CT molecular complexity index is 540. The number of rotatable bonds is 2. The summed E-state index contributed by atoms with van der Waals surface area (Å²) in [5.74, 6) is 2.22. The predicted molar refractivity (Wildman–Crippen MR) is 80.2 cm³/mol. The normalized spacial score (nSPS) is 20.8. The van der Waals surface area contributed by atoms with Gasteiger partial charge in [-0.2, -0.15) is 0 Å². The molecule has 1 aromatic rings. The number of nitrogen functional groups attached to an aromatic ring is 1. The second-order valence-electron chi connectivity index (χ2n) is 6.08. The fourth-order valence-corrected chi connectivity index (χ4v) is 1.89. The Hall–Kier alpha value is -1.53. The van der Waals surface area contributed by atoms with Crippen LogP contribution in [0.5, 0.6) is 5.75 Å². The lowest BCUT2D eigenvalue weighted by atomic mass is 9.89. The molecule has 2 heterocycles. The van der Waals surface area contributed by atoms with Gasteiger partial charge in [-0.15, -0.1) is 0 Å². The van der Waals surface area contributed by atoms with Gasteiger partial charge in [-0.1, -0.05) is 5.98 Å². The van der Waals surface area contributed by atoms with E-state index in [-0.39, 0.29) is 17.0 Å². The molecule has 0 atom stereocenters. The Morgan fingerprint density at radius 2 is 1.80 bits per heavy atom. The topological polar surface area (TPSA) is 77.6 Å². The van der Waals surface area contributed by atoms with Gasteiger partial charge in [0.15, 0.2) is 0 Å². The molecular weight excluding hydrogens is 255 g/mol. The molecule has 1 fully saturated rings. The number of nitrogens with two attached hydrogens (primary N) is 1. The lowest BCUT2D eigenvalue weighted by Gasteiger charge is -2.32. The summed E-state index contributed by atoms with van der Waals surface area (Å²) in [5, 5.41) is 9.84. The molecule has 5 nitrogen and oxygen atoms in total. The highest BCUT2D eigenvalue weighted by Gasteiger charge is 2.50. The molecule has 6 heteroatoms. The highest BCUT2D eigenvalue weighted by atomic mass is 16.7. The van der Waals surface area contributed by atoms with E-state index in [0.29, 0.717) is 11.5 Å². The standard InChI is InChI=1S/C14H21BN2O3/c1-9-8-11(18)10(17-12(9)16)6-7-15-19-13(2,3)14(4,5)20-15/h6-8,18H,1-5H3,(H2,16,17)/b7-6+. The van der Waals surface area contributed by atoms with Crippen LogP contribution in [0.2, 0.25) is 0 Å². The van der Waals surface area contributed by atoms with Crippen LogP contribution in [0.15, 0.2) is 12.0 Å². The van der Waals surface area contributed by atoms with Gasteiger partial charge >= 0.3 is 7.12 Å². The molecule has 0 radical (unpaired) electrons. The zero-order valence-electron chi connectivity index (χ0n) is 12.6. The van der Waals surface area contributed by atoms with E-state index in [1.54, 1.807) is 25.0 Å². The molecule has 0 aliphatic carbocycles. The summed E-state index contributed by atoms with van der Waals surface area (Å²) in [6, 6.07) is 1.59. The van der Waals surface area contributed by atoms with E-state index < -0.39 is 7.12 Å². The number of aryl methyl sites for hydroxylation is 1. The van der Waals surface area contributed by atoms with Crippen LogP contribution in [0.25, 0.3) is 6.08 Å². The number of anilines is 1. The second-order valence-corrected chi connectivity index (χ2v) is 6.08. The molecule has 1 aromatic heterocycles. The first-order valence-electron chi connectivity index (χ1n) is 6.62. The van der Waals surface area contributed by atoms with Gasteiger partial charge < -0.3 is 20.1 Å². The van der Waals surface area contributed by atoms with Crippen molar-refractivity contribution in [1.29, 1.82) is 0 Å². The highest BCUT2D eigenvalue weighted by molar-refractivity contribution is 6.52. The summed E-state index contributed by atoms with van der Waals surface area (Å²) < 4.78 is 11.7. The van der Waals surface area contributed by atoms with Crippen molar-refractivity contribution in [1.82, 2.24) is 4.98 Å². The lowest BCUT2D eigenvalue weighted by Crippen LogP contribution is -2.41. The smallest absolute Gasteiger partial charge is 0.487 e. The number of nitrogens with zero attached hydrogens (tertiary/aromatic N) is 1. The van der Waals surface area contributed by atoms with Gasteiger partial charge in [0.2, 0.25) is 0 Å². The lowest BCUT2D eigenvalue weighted by molar-refractivity contribution is 0.00578. The van der Waals surface area contributed by atoms with Gasteiger partial charge in [0.05, 0.1) is 11.2 Å². The van der Waals surface area contributed by atoms with Crippen LogP contribution in [0, 0.1) is 6.92 Å². The van der Waals surface area contributed by atoms with E-state index in [2.05, 4.69) is 4.98 Å². The van der Waals surface area contributed by atoms with Crippen LogP contribution in [-0.2, 0) is 9.31 Å². The molecule has 1 saturated heterocycles. The van der Waals surface area contributed by atoms with Crippen LogP contribution < -0.4 is 5.73 Å². The van der Waals surface area contributed by atoms with Crippen molar-refractivity contribution in [2.75, 3.05) is 5.73 Å². The third-order valence-electron chi connectivity index (χ3n) is 3.94. The summed E-state index contributed by atoms with van der Waals surface area (Å²) in [4.78, 5) is 4.14. The van der Waals surface area contributed by atoms with E-state index in [4.69, 9.17) is 15.0 Å². The highest BCUT2D eigenvalue weighted by Crippen LogP contribution is 2.37. The van der Waals surface area contributed by atoms with Crippen LogP contribution in [0.1, 0.15) is 39.0 Å². The third kappa shape index (κ3) is 2.67. The number of hydrogen-bond donors (Lipinski definition) is 2. The van der Waals surface area contributed by atoms with Crippen molar-refractivity contribution >= 4 is 19.0 Å². The maximum atomic E-state index is 9.84. The van der Waals surface area contributed by atoms with Crippen molar-refractivity contribution in [3.63, 3.8) is 0 Å². The van der Waals surface area contributed by atoms with E-state index in [1.807, 2.05) is 27.7 Å². The Labute approximate surface area is 119 Å². The van der Waals surface area contributed by atoms with E-state index in [0.717, 1.165) is 5.56 Å². The summed E-state index contributed by atoms with van der Waals surface area (Å²) in [7, 11) is -0.469. The Kier molecular flexibility index (Phi) is 3.56. The van der Waals surface area contributed by atoms with Crippen molar-refractivity contribution in [3.05, 3.63) is 23.3 Å². The summed E-state index contributed by atoms with van der Waals surface area (Å²) in [6.45, 7) is 9.74. The maximum absolute atomic E-state index is 9.84. The van der Waals surface area contributed by atoms with E-state index >= 15 is 0 Å².